The van der Waals surface area contributed by atoms with Crippen molar-refractivity contribution in [3.63, 3.8) is 0 Å². The smallest absolute Gasteiger partial charge is 0.300 e. The van der Waals surface area contributed by atoms with Crippen molar-refractivity contribution in [2.24, 2.45) is 0 Å². The summed E-state index contributed by atoms with van der Waals surface area (Å²) in [6, 6.07) is 17.4. The van der Waals surface area contributed by atoms with Crippen molar-refractivity contribution < 1.29 is 24.4 Å². The van der Waals surface area contributed by atoms with E-state index in [-0.39, 0.29) is 22.7 Å². The van der Waals surface area contributed by atoms with Crippen LogP contribution in [-0.4, -0.2) is 27.6 Å². The molecule has 1 aliphatic rings. The lowest BCUT2D eigenvalue weighted by molar-refractivity contribution is -0.384. The number of nitro groups is 1. The first-order valence-corrected chi connectivity index (χ1v) is 11.2. The van der Waals surface area contributed by atoms with Gasteiger partial charge in [0.25, 0.3) is 17.4 Å². The maximum atomic E-state index is 13.2. The van der Waals surface area contributed by atoms with Gasteiger partial charge in [-0.05, 0) is 54.1 Å². The van der Waals surface area contributed by atoms with Gasteiger partial charge in [-0.3, -0.25) is 29.4 Å². The van der Waals surface area contributed by atoms with Gasteiger partial charge in [-0.1, -0.05) is 28.1 Å². The van der Waals surface area contributed by atoms with E-state index in [0.717, 1.165) is 4.47 Å². The van der Waals surface area contributed by atoms with Crippen LogP contribution >= 0.6 is 15.9 Å². The van der Waals surface area contributed by atoms with E-state index >= 15 is 0 Å². The first kappa shape index (κ1) is 23.8. The lowest BCUT2D eigenvalue weighted by Gasteiger charge is -2.25. The molecule has 1 heterocycles. The third-order valence-electron chi connectivity index (χ3n) is 5.45. The number of halogens is 1. The van der Waals surface area contributed by atoms with Crippen LogP contribution in [0.3, 0.4) is 0 Å². The quantitative estimate of drug-likeness (QED) is 0.156. The molecule has 1 atom stereocenters. The predicted molar refractivity (Wildman–Crippen MR) is 133 cm³/mol. The van der Waals surface area contributed by atoms with Gasteiger partial charge in [0.15, 0.2) is 0 Å². The minimum absolute atomic E-state index is 0.142. The van der Waals surface area contributed by atoms with Crippen LogP contribution in [0.25, 0.3) is 5.76 Å². The third-order valence-corrected chi connectivity index (χ3v) is 5.98. The lowest BCUT2D eigenvalue weighted by Crippen LogP contribution is -2.29. The second kappa shape index (κ2) is 9.51. The SMILES string of the molecule is CC(=O)Nc1ccc(N2C(=O)C(=O)/C(=C(/O)c3ccc([N+](=O)[O-])cc3)[C@H]2c2ccc(Br)cc2)cc1. The molecule has 0 aromatic heterocycles. The Morgan fingerprint density at radius 2 is 1.60 bits per heavy atom. The van der Waals surface area contributed by atoms with E-state index in [1.54, 1.807) is 48.5 Å². The summed E-state index contributed by atoms with van der Waals surface area (Å²) in [7, 11) is 0. The predicted octanol–water partition coefficient (Wildman–Crippen LogP) is 4.94. The van der Waals surface area contributed by atoms with Gasteiger partial charge in [-0.15, -0.1) is 0 Å². The molecule has 2 amide bonds. The Balaban J connectivity index is 1.85. The summed E-state index contributed by atoms with van der Waals surface area (Å²) in [5.74, 6) is -2.42. The minimum Gasteiger partial charge on any atom is -0.507 e. The van der Waals surface area contributed by atoms with Crippen LogP contribution in [0.4, 0.5) is 17.1 Å². The zero-order chi connectivity index (χ0) is 25.3. The number of aliphatic hydroxyl groups excluding tert-OH is 1. The molecule has 0 spiro atoms. The summed E-state index contributed by atoms with van der Waals surface area (Å²) in [5.41, 5.74) is 1.32. The average Bonchev–Trinajstić information content (AvgIpc) is 3.10. The molecule has 10 heteroatoms. The standard InChI is InChI=1S/C25H18BrN3O6/c1-14(30)27-18-8-12-19(13-9-18)28-22(15-2-6-17(26)7-3-15)21(24(32)25(28)33)23(31)16-4-10-20(11-5-16)29(34)35/h2-13,22,31H,1H3,(H,27,30)/b23-21+/t22-/m1/s1. The summed E-state index contributed by atoms with van der Waals surface area (Å²) in [4.78, 5) is 49.3. The zero-order valence-corrected chi connectivity index (χ0v) is 19.9. The minimum atomic E-state index is -0.954. The van der Waals surface area contributed by atoms with Crippen LogP contribution in [0.1, 0.15) is 24.1 Å². The summed E-state index contributed by atoms with van der Waals surface area (Å²) in [5, 5.41) is 24.7. The van der Waals surface area contributed by atoms with Crippen molar-refractivity contribution in [2.45, 2.75) is 13.0 Å². The van der Waals surface area contributed by atoms with Crippen molar-refractivity contribution >= 4 is 56.3 Å². The Hall–Kier alpha value is -4.31. The van der Waals surface area contributed by atoms with E-state index in [1.165, 1.54) is 36.1 Å². The number of rotatable bonds is 5. The van der Waals surface area contributed by atoms with Gasteiger partial charge in [0.2, 0.25) is 5.91 Å². The number of nitro benzene ring substituents is 1. The summed E-state index contributed by atoms with van der Waals surface area (Å²) < 4.78 is 0.785. The Morgan fingerprint density at radius 1 is 1.00 bits per heavy atom. The monoisotopic (exact) mass is 535 g/mol. The molecule has 0 bridgehead atoms. The van der Waals surface area contributed by atoms with Gasteiger partial charge in [-0.25, -0.2) is 0 Å². The van der Waals surface area contributed by atoms with Crippen LogP contribution in [0, 0.1) is 10.1 Å². The molecule has 176 valence electrons. The highest BCUT2D eigenvalue weighted by atomic mass is 79.9. The van der Waals surface area contributed by atoms with Gasteiger partial charge in [0, 0.05) is 40.5 Å². The first-order chi connectivity index (χ1) is 16.7. The van der Waals surface area contributed by atoms with Crippen molar-refractivity contribution in [3.05, 3.63) is 104 Å². The molecule has 0 saturated carbocycles. The van der Waals surface area contributed by atoms with Gasteiger partial charge in [0.05, 0.1) is 16.5 Å². The number of aliphatic hydroxyl groups is 1. The molecule has 0 unspecified atom stereocenters. The van der Waals surface area contributed by atoms with E-state index in [9.17, 15) is 29.6 Å². The molecular formula is C25H18BrN3O6. The molecule has 4 rings (SSSR count). The number of carbonyl (C=O) groups is 3. The molecule has 9 nitrogen and oxygen atoms in total. The Labute approximate surface area is 208 Å². The fourth-order valence-corrected chi connectivity index (χ4v) is 4.13. The van der Waals surface area contributed by atoms with Gasteiger partial charge in [-0.2, -0.15) is 0 Å². The zero-order valence-electron chi connectivity index (χ0n) is 18.3. The highest BCUT2D eigenvalue weighted by molar-refractivity contribution is 9.10. The van der Waals surface area contributed by atoms with Gasteiger partial charge in [0.1, 0.15) is 5.76 Å². The van der Waals surface area contributed by atoms with E-state index in [1.807, 2.05) is 0 Å². The third kappa shape index (κ3) is 4.69. The molecular weight excluding hydrogens is 518 g/mol. The molecule has 1 fully saturated rings. The summed E-state index contributed by atoms with van der Waals surface area (Å²) >= 11 is 3.37. The van der Waals surface area contributed by atoms with Crippen molar-refractivity contribution in [1.82, 2.24) is 0 Å². The first-order valence-electron chi connectivity index (χ1n) is 10.4. The molecule has 3 aromatic carbocycles. The van der Waals surface area contributed by atoms with E-state index in [4.69, 9.17) is 0 Å². The second-order valence-electron chi connectivity index (χ2n) is 7.75. The fourth-order valence-electron chi connectivity index (χ4n) is 3.86. The van der Waals surface area contributed by atoms with Crippen LogP contribution < -0.4 is 10.2 Å². The largest absolute Gasteiger partial charge is 0.507 e. The number of carbonyl (C=O) groups excluding carboxylic acids is 3. The topological polar surface area (TPSA) is 130 Å². The molecule has 1 saturated heterocycles. The lowest BCUT2D eigenvalue weighted by atomic mass is 9.95. The van der Waals surface area contributed by atoms with E-state index in [2.05, 4.69) is 21.2 Å². The van der Waals surface area contributed by atoms with Crippen LogP contribution in [0.15, 0.2) is 82.8 Å². The maximum Gasteiger partial charge on any atom is 0.300 e. The van der Waals surface area contributed by atoms with Crippen LogP contribution in [-0.2, 0) is 14.4 Å². The summed E-state index contributed by atoms with van der Waals surface area (Å²) in [6.07, 6.45) is 0. The number of hydrogen-bond acceptors (Lipinski definition) is 6. The number of benzene rings is 3. The van der Waals surface area contributed by atoms with Gasteiger partial charge < -0.3 is 10.4 Å². The Kier molecular flexibility index (Phi) is 6.48. The number of hydrogen-bond donors (Lipinski definition) is 2. The number of non-ortho nitro benzene ring substituents is 1. The van der Waals surface area contributed by atoms with Crippen molar-refractivity contribution in [1.29, 1.82) is 0 Å². The highest BCUT2D eigenvalue weighted by Crippen LogP contribution is 2.42. The Morgan fingerprint density at radius 3 is 2.14 bits per heavy atom. The fraction of sp³-hybridized carbons (Fsp3) is 0.0800. The van der Waals surface area contributed by atoms with Crippen molar-refractivity contribution in [3.8, 4) is 0 Å². The highest BCUT2D eigenvalue weighted by Gasteiger charge is 2.47. The van der Waals surface area contributed by atoms with E-state index in [0.29, 0.717) is 16.9 Å². The molecule has 0 radical (unpaired) electrons. The number of ketones is 1. The number of nitrogens with one attached hydrogen (secondary N) is 1. The van der Waals surface area contributed by atoms with Crippen molar-refractivity contribution in [2.75, 3.05) is 10.2 Å². The van der Waals surface area contributed by atoms with Crippen LogP contribution in [0.5, 0.6) is 0 Å². The number of amides is 2. The number of Topliss-reactive ketones (excluding diaryl/α,β-unsaturated/α-hetero) is 1. The molecule has 3 aromatic rings. The van der Waals surface area contributed by atoms with E-state index < -0.39 is 28.4 Å². The second-order valence-corrected chi connectivity index (χ2v) is 8.67. The van der Waals surface area contributed by atoms with Crippen LogP contribution in [0.2, 0.25) is 0 Å². The molecule has 1 aliphatic heterocycles. The van der Waals surface area contributed by atoms with Gasteiger partial charge >= 0.3 is 0 Å². The Bertz CT molecular complexity index is 1370. The summed E-state index contributed by atoms with van der Waals surface area (Å²) in [6.45, 7) is 1.37. The maximum absolute atomic E-state index is 13.2. The number of nitrogens with zero attached hydrogens (tertiary/aromatic N) is 2. The molecule has 0 aliphatic carbocycles. The molecule has 35 heavy (non-hydrogen) atoms. The molecule has 2 N–H and O–H groups in total. The normalized spacial score (nSPS) is 16.9. The number of anilines is 2. The average molecular weight is 536 g/mol.